The summed E-state index contributed by atoms with van der Waals surface area (Å²) < 4.78 is 59.1. The number of nitrogens with zero attached hydrogens (tertiary/aromatic N) is 2. The highest BCUT2D eigenvalue weighted by atomic mass is 35.5. The summed E-state index contributed by atoms with van der Waals surface area (Å²) in [6, 6.07) is 12.0. The van der Waals surface area contributed by atoms with Crippen LogP contribution in [0.5, 0.6) is 5.75 Å². The molecule has 3 aromatic rings. The predicted molar refractivity (Wildman–Crippen MR) is 114 cm³/mol. The second-order valence-corrected chi connectivity index (χ2v) is 7.36. The van der Waals surface area contributed by atoms with E-state index in [1.165, 1.54) is 13.2 Å². The molecule has 0 N–H and O–H groups in total. The number of carbonyl (C=O) groups is 1. The number of rotatable bonds is 8. The lowest BCUT2D eigenvalue weighted by atomic mass is 10.1. The molecular weight excluding hydrogens is 448 g/mol. The molecule has 0 aliphatic heterocycles. The van der Waals surface area contributed by atoms with E-state index in [1.807, 2.05) is 13.0 Å². The monoisotopic (exact) mass is 466 g/mol. The van der Waals surface area contributed by atoms with E-state index in [4.69, 9.17) is 16.3 Å². The Morgan fingerprint density at radius 1 is 1.16 bits per heavy atom. The number of carbonyl (C=O) groups excluding carboxylic acids is 1. The van der Waals surface area contributed by atoms with Gasteiger partial charge in [-0.15, -0.1) is 0 Å². The van der Waals surface area contributed by atoms with Crippen LogP contribution in [0.1, 0.15) is 51.3 Å². The first-order chi connectivity index (χ1) is 15.2. The minimum Gasteiger partial charge on any atom is -0.496 e. The normalized spacial score (nSPS) is 11.7. The molecule has 0 unspecified atom stereocenters. The van der Waals surface area contributed by atoms with Gasteiger partial charge in [0, 0.05) is 11.1 Å². The fraction of sp³-hybridized carbons (Fsp3) is 0.217. The zero-order chi connectivity index (χ0) is 23.4. The van der Waals surface area contributed by atoms with E-state index in [0.29, 0.717) is 22.4 Å². The Hall–Kier alpha value is -3.13. The van der Waals surface area contributed by atoms with Gasteiger partial charge < -0.3 is 4.74 Å². The third kappa shape index (κ3) is 5.19. The molecule has 0 aliphatic rings. The van der Waals surface area contributed by atoms with Crippen molar-refractivity contribution in [2.75, 3.05) is 7.11 Å². The van der Waals surface area contributed by atoms with Crippen LogP contribution in [0.3, 0.4) is 0 Å². The molecule has 0 saturated carbocycles. The van der Waals surface area contributed by atoms with E-state index in [0.717, 1.165) is 10.2 Å². The van der Waals surface area contributed by atoms with Crippen molar-refractivity contribution < 1.29 is 27.1 Å². The second kappa shape index (κ2) is 9.99. The van der Waals surface area contributed by atoms with Gasteiger partial charge in [-0.3, -0.25) is 9.48 Å². The SMILES string of the molecule is COc1ccc(/C=C/C(=O)c2cccc(C)c2)cc1Cn1nc(C(F)F)c(Cl)c1C(F)F. The summed E-state index contributed by atoms with van der Waals surface area (Å²) in [6.45, 7) is 1.60. The van der Waals surface area contributed by atoms with Crippen molar-refractivity contribution in [3.63, 3.8) is 0 Å². The highest BCUT2D eigenvalue weighted by Gasteiger charge is 2.28. The maximum atomic E-state index is 13.5. The second-order valence-electron chi connectivity index (χ2n) is 6.98. The summed E-state index contributed by atoms with van der Waals surface area (Å²) in [5.41, 5.74) is 0.779. The Labute approximate surface area is 187 Å². The molecule has 0 spiro atoms. The van der Waals surface area contributed by atoms with Gasteiger partial charge in [-0.25, -0.2) is 17.6 Å². The van der Waals surface area contributed by atoms with Crippen LogP contribution in [-0.4, -0.2) is 22.7 Å². The van der Waals surface area contributed by atoms with Crippen LogP contribution in [0, 0.1) is 6.92 Å². The predicted octanol–water partition coefficient (Wildman–Crippen LogP) is 6.67. The fourth-order valence-corrected chi connectivity index (χ4v) is 3.49. The van der Waals surface area contributed by atoms with Crippen molar-refractivity contribution in [2.24, 2.45) is 0 Å². The summed E-state index contributed by atoms with van der Waals surface area (Å²) in [7, 11) is 1.39. The van der Waals surface area contributed by atoms with E-state index in [9.17, 15) is 22.4 Å². The van der Waals surface area contributed by atoms with Crippen LogP contribution in [-0.2, 0) is 6.54 Å². The smallest absolute Gasteiger partial charge is 0.283 e. The number of halogens is 5. The third-order valence-electron chi connectivity index (χ3n) is 4.72. The lowest BCUT2D eigenvalue weighted by Crippen LogP contribution is -2.08. The average molecular weight is 467 g/mol. The van der Waals surface area contributed by atoms with Gasteiger partial charge in [0.05, 0.1) is 18.7 Å². The molecule has 0 bridgehead atoms. The molecule has 3 rings (SSSR count). The van der Waals surface area contributed by atoms with Gasteiger partial charge in [0.2, 0.25) is 0 Å². The minimum absolute atomic E-state index is 0.202. The van der Waals surface area contributed by atoms with Crippen LogP contribution >= 0.6 is 11.6 Å². The highest BCUT2D eigenvalue weighted by Crippen LogP contribution is 2.35. The quantitative estimate of drug-likeness (QED) is 0.211. The van der Waals surface area contributed by atoms with Crippen molar-refractivity contribution in [2.45, 2.75) is 26.3 Å². The summed E-state index contributed by atoms with van der Waals surface area (Å²) in [5.74, 6) is 0.143. The molecule has 168 valence electrons. The number of ketones is 1. The summed E-state index contributed by atoms with van der Waals surface area (Å²) in [6.07, 6.45) is -3.22. The maximum absolute atomic E-state index is 13.5. The average Bonchev–Trinajstić information content (AvgIpc) is 3.08. The summed E-state index contributed by atoms with van der Waals surface area (Å²) >= 11 is 5.72. The molecule has 0 amide bonds. The van der Waals surface area contributed by atoms with Gasteiger partial charge in [0.25, 0.3) is 12.9 Å². The Balaban J connectivity index is 1.92. The lowest BCUT2D eigenvalue weighted by molar-refractivity contribution is 0.104. The Kier molecular flexibility index (Phi) is 7.35. The van der Waals surface area contributed by atoms with Gasteiger partial charge >= 0.3 is 0 Å². The van der Waals surface area contributed by atoms with Crippen molar-refractivity contribution in [1.82, 2.24) is 9.78 Å². The van der Waals surface area contributed by atoms with Crippen LogP contribution in [0.4, 0.5) is 17.6 Å². The van der Waals surface area contributed by atoms with Gasteiger partial charge in [0.1, 0.15) is 17.1 Å². The topological polar surface area (TPSA) is 44.1 Å². The molecule has 0 atom stereocenters. The first-order valence-electron chi connectivity index (χ1n) is 9.49. The molecule has 9 heteroatoms. The third-order valence-corrected chi connectivity index (χ3v) is 5.11. The van der Waals surface area contributed by atoms with Gasteiger partial charge in [-0.05, 0) is 36.8 Å². The summed E-state index contributed by atoms with van der Waals surface area (Å²) in [4.78, 5) is 12.4. The van der Waals surface area contributed by atoms with Crippen molar-refractivity contribution in [1.29, 1.82) is 0 Å². The van der Waals surface area contributed by atoms with Gasteiger partial charge in [0.15, 0.2) is 5.78 Å². The Morgan fingerprint density at radius 2 is 1.91 bits per heavy atom. The number of ether oxygens (including phenoxy) is 1. The molecule has 0 aliphatic carbocycles. The molecule has 1 heterocycles. The van der Waals surface area contributed by atoms with E-state index in [1.54, 1.807) is 42.5 Å². The number of allylic oxidation sites excluding steroid dienone is 1. The Bertz CT molecular complexity index is 1160. The van der Waals surface area contributed by atoms with E-state index in [-0.39, 0.29) is 12.3 Å². The minimum atomic E-state index is -3.09. The first kappa shape index (κ1) is 23.5. The van der Waals surface area contributed by atoms with Crippen molar-refractivity contribution in [3.05, 3.63) is 87.2 Å². The molecule has 1 aromatic heterocycles. The van der Waals surface area contributed by atoms with Gasteiger partial charge in [-0.2, -0.15) is 5.10 Å². The molecule has 0 radical (unpaired) electrons. The molecule has 0 saturated heterocycles. The van der Waals surface area contributed by atoms with E-state index >= 15 is 0 Å². The van der Waals surface area contributed by atoms with Gasteiger partial charge in [-0.1, -0.05) is 47.5 Å². The summed E-state index contributed by atoms with van der Waals surface area (Å²) in [5, 5.41) is 2.82. The zero-order valence-corrected chi connectivity index (χ0v) is 17.9. The fourth-order valence-electron chi connectivity index (χ4n) is 3.19. The first-order valence-corrected chi connectivity index (χ1v) is 9.87. The van der Waals surface area contributed by atoms with Crippen LogP contribution < -0.4 is 4.74 Å². The van der Waals surface area contributed by atoms with Crippen LogP contribution in [0.15, 0.2) is 48.5 Å². The number of alkyl halides is 4. The molecule has 2 aromatic carbocycles. The van der Waals surface area contributed by atoms with E-state index < -0.39 is 29.3 Å². The number of hydrogen-bond donors (Lipinski definition) is 0. The standard InChI is InChI=1S/C23H19ClF4N2O2/c1-13-4-3-5-15(10-13)17(31)8-6-14-7-9-18(32-2)16(11-14)12-30-21(23(27)28)19(24)20(29-30)22(25)26/h3-11,22-23H,12H2,1-2H3/b8-6+. The molecule has 32 heavy (non-hydrogen) atoms. The number of aryl methyl sites for hydroxylation is 1. The lowest BCUT2D eigenvalue weighted by Gasteiger charge is -2.12. The zero-order valence-electron chi connectivity index (χ0n) is 17.2. The highest BCUT2D eigenvalue weighted by molar-refractivity contribution is 6.32. The number of aromatic nitrogens is 2. The van der Waals surface area contributed by atoms with Crippen molar-refractivity contribution in [3.8, 4) is 5.75 Å². The largest absolute Gasteiger partial charge is 0.496 e. The van der Waals surface area contributed by atoms with E-state index in [2.05, 4.69) is 5.10 Å². The number of methoxy groups -OCH3 is 1. The van der Waals surface area contributed by atoms with Crippen molar-refractivity contribution >= 4 is 23.5 Å². The van der Waals surface area contributed by atoms with Crippen LogP contribution in [0.2, 0.25) is 5.02 Å². The molecule has 4 nitrogen and oxygen atoms in total. The number of benzene rings is 2. The maximum Gasteiger partial charge on any atom is 0.283 e. The van der Waals surface area contributed by atoms with Crippen LogP contribution in [0.25, 0.3) is 6.08 Å². The Morgan fingerprint density at radius 3 is 2.53 bits per heavy atom. The molecular formula is C23H19ClF4N2O2. The number of hydrogen-bond acceptors (Lipinski definition) is 3. The molecule has 0 fully saturated rings.